The highest BCUT2D eigenvalue weighted by molar-refractivity contribution is 5.14. The molecule has 1 aliphatic heterocycles. The van der Waals surface area contributed by atoms with Crippen LogP contribution in [-0.4, -0.2) is 45.8 Å². The third-order valence-electron chi connectivity index (χ3n) is 4.53. The Kier molecular flexibility index (Phi) is 4.90. The van der Waals surface area contributed by atoms with Gasteiger partial charge < -0.3 is 0 Å². The van der Waals surface area contributed by atoms with Crippen molar-refractivity contribution in [2.75, 3.05) is 20.1 Å². The van der Waals surface area contributed by atoms with Gasteiger partial charge in [0.2, 0.25) is 0 Å². The predicted molar refractivity (Wildman–Crippen MR) is 89.4 cm³/mol. The first-order chi connectivity index (χ1) is 10.7. The molecule has 2 heterocycles. The summed E-state index contributed by atoms with van der Waals surface area (Å²) < 4.78 is 1.88. The number of likely N-dealkylation sites (tertiary alicyclic amines) is 1. The maximum Gasteiger partial charge on any atom is 0.0764 e. The molecule has 1 saturated heterocycles. The van der Waals surface area contributed by atoms with Gasteiger partial charge in [-0.2, -0.15) is 5.10 Å². The number of nitrogens with zero attached hydrogens (tertiary/aromatic N) is 4. The molecule has 1 aromatic carbocycles. The Morgan fingerprint density at radius 1 is 1.23 bits per heavy atom. The Morgan fingerprint density at radius 2 is 2.05 bits per heavy atom. The number of aryl methyl sites for hydroxylation is 1. The highest BCUT2D eigenvalue weighted by atomic mass is 15.3. The Hall–Kier alpha value is -1.65. The third-order valence-corrected chi connectivity index (χ3v) is 4.53. The third kappa shape index (κ3) is 3.96. The minimum atomic E-state index is 0.625. The number of hydrogen-bond donors (Lipinski definition) is 0. The molecule has 1 atom stereocenters. The average Bonchev–Trinajstić information content (AvgIpc) is 2.93. The monoisotopic (exact) mass is 298 g/mol. The summed E-state index contributed by atoms with van der Waals surface area (Å²) >= 11 is 0. The second-order valence-corrected chi connectivity index (χ2v) is 6.41. The van der Waals surface area contributed by atoms with Crippen LogP contribution in [0.1, 0.15) is 24.1 Å². The Balaban J connectivity index is 1.55. The van der Waals surface area contributed by atoms with Gasteiger partial charge in [-0.05, 0) is 38.1 Å². The van der Waals surface area contributed by atoms with Crippen LogP contribution < -0.4 is 0 Å². The molecule has 2 aromatic rings. The zero-order chi connectivity index (χ0) is 15.4. The standard InChI is InChI=1S/C18H26N4/c1-20(14-17-10-12-21(2)19-17)18-9-6-11-22(15-18)13-16-7-4-3-5-8-16/h3-5,7-8,10,12,18H,6,9,11,13-15H2,1-2H3/t18-/m0/s1. The number of rotatable bonds is 5. The summed E-state index contributed by atoms with van der Waals surface area (Å²) in [5.41, 5.74) is 2.57. The molecule has 0 aliphatic carbocycles. The fraction of sp³-hybridized carbons (Fsp3) is 0.500. The van der Waals surface area contributed by atoms with Crippen molar-refractivity contribution < 1.29 is 0 Å². The molecule has 4 nitrogen and oxygen atoms in total. The molecular weight excluding hydrogens is 272 g/mol. The molecule has 1 aliphatic rings. The van der Waals surface area contributed by atoms with Gasteiger partial charge in [-0.3, -0.25) is 14.5 Å². The predicted octanol–water partition coefficient (Wildman–Crippen LogP) is 2.52. The molecular formula is C18H26N4. The summed E-state index contributed by atoms with van der Waals surface area (Å²) in [4.78, 5) is 5.04. The molecule has 1 fully saturated rings. The Morgan fingerprint density at radius 3 is 2.77 bits per heavy atom. The summed E-state index contributed by atoms with van der Waals surface area (Å²) in [7, 11) is 4.21. The summed E-state index contributed by atoms with van der Waals surface area (Å²) in [5.74, 6) is 0. The van der Waals surface area contributed by atoms with Crippen LogP contribution in [0.15, 0.2) is 42.6 Å². The molecule has 0 unspecified atom stereocenters. The summed E-state index contributed by atoms with van der Waals surface area (Å²) in [6.07, 6.45) is 4.59. The highest BCUT2D eigenvalue weighted by Crippen LogP contribution is 2.18. The van der Waals surface area contributed by atoms with E-state index in [1.807, 2.05) is 17.9 Å². The lowest BCUT2D eigenvalue weighted by Gasteiger charge is -2.37. The second kappa shape index (κ2) is 7.07. The fourth-order valence-electron chi connectivity index (χ4n) is 3.31. The van der Waals surface area contributed by atoms with E-state index in [0.29, 0.717) is 6.04 Å². The van der Waals surface area contributed by atoms with E-state index in [9.17, 15) is 0 Å². The number of benzene rings is 1. The van der Waals surface area contributed by atoms with Gasteiger partial charge in [-0.15, -0.1) is 0 Å². The van der Waals surface area contributed by atoms with Crippen molar-refractivity contribution in [1.29, 1.82) is 0 Å². The van der Waals surface area contributed by atoms with Crippen LogP contribution in [0.2, 0.25) is 0 Å². The van der Waals surface area contributed by atoms with Crippen LogP contribution in [0.5, 0.6) is 0 Å². The minimum Gasteiger partial charge on any atom is -0.298 e. The zero-order valence-electron chi connectivity index (χ0n) is 13.7. The van der Waals surface area contributed by atoms with E-state index in [-0.39, 0.29) is 0 Å². The van der Waals surface area contributed by atoms with E-state index in [1.54, 1.807) is 0 Å². The first-order valence-electron chi connectivity index (χ1n) is 8.16. The van der Waals surface area contributed by atoms with Gasteiger partial charge >= 0.3 is 0 Å². The maximum absolute atomic E-state index is 4.49. The number of aromatic nitrogens is 2. The van der Waals surface area contributed by atoms with Crippen molar-refractivity contribution in [3.63, 3.8) is 0 Å². The Bertz CT molecular complexity index is 578. The summed E-state index contributed by atoms with van der Waals surface area (Å²) in [6.45, 7) is 4.36. The van der Waals surface area contributed by atoms with Crippen LogP contribution in [-0.2, 0) is 20.1 Å². The van der Waals surface area contributed by atoms with E-state index < -0.39 is 0 Å². The molecule has 1 aromatic heterocycles. The molecule has 22 heavy (non-hydrogen) atoms. The largest absolute Gasteiger partial charge is 0.298 e. The molecule has 0 radical (unpaired) electrons. The first-order valence-corrected chi connectivity index (χ1v) is 8.16. The molecule has 0 bridgehead atoms. The van der Waals surface area contributed by atoms with Crippen LogP contribution in [0.25, 0.3) is 0 Å². The normalized spacial score (nSPS) is 19.7. The van der Waals surface area contributed by atoms with E-state index in [4.69, 9.17) is 0 Å². The molecule has 3 rings (SSSR count). The lowest BCUT2D eigenvalue weighted by atomic mass is 10.0. The minimum absolute atomic E-state index is 0.625. The van der Waals surface area contributed by atoms with E-state index in [2.05, 4.69) is 58.3 Å². The lowest BCUT2D eigenvalue weighted by molar-refractivity contribution is 0.106. The van der Waals surface area contributed by atoms with E-state index in [1.165, 1.54) is 24.9 Å². The van der Waals surface area contributed by atoms with Crippen molar-refractivity contribution in [2.45, 2.75) is 32.0 Å². The first kappa shape index (κ1) is 15.3. The van der Waals surface area contributed by atoms with Crippen LogP contribution in [0.4, 0.5) is 0 Å². The molecule has 0 amide bonds. The molecule has 4 heteroatoms. The molecule has 0 N–H and O–H groups in total. The van der Waals surface area contributed by atoms with E-state index in [0.717, 1.165) is 25.3 Å². The molecule has 0 spiro atoms. The number of likely N-dealkylation sites (N-methyl/N-ethyl adjacent to an activating group) is 1. The van der Waals surface area contributed by atoms with E-state index >= 15 is 0 Å². The average molecular weight is 298 g/mol. The molecule has 118 valence electrons. The molecule has 0 saturated carbocycles. The highest BCUT2D eigenvalue weighted by Gasteiger charge is 2.23. The second-order valence-electron chi connectivity index (χ2n) is 6.41. The quantitative estimate of drug-likeness (QED) is 0.848. The van der Waals surface area contributed by atoms with Crippen LogP contribution >= 0.6 is 0 Å². The smallest absolute Gasteiger partial charge is 0.0764 e. The van der Waals surface area contributed by atoms with Crippen molar-refractivity contribution in [2.24, 2.45) is 7.05 Å². The van der Waals surface area contributed by atoms with Gasteiger partial charge in [0.25, 0.3) is 0 Å². The van der Waals surface area contributed by atoms with Gasteiger partial charge in [-0.25, -0.2) is 0 Å². The fourth-order valence-corrected chi connectivity index (χ4v) is 3.31. The van der Waals surface area contributed by atoms with Crippen molar-refractivity contribution in [3.05, 3.63) is 53.9 Å². The summed E-state index contributed by atoms with van der Waals surface area (Å²) in [5, 5.41) is 4.49. The van der Waals surface area contributed by atoms with Gasteiger partial charge in [0.05, 0.1) is 5.69 Å². The maximum atomic E-state index is 4.49. The SMILES string of the molecule is CN(Cc1ccn(C)n1)[C@H]1CCCN(Cc2ccccc2)C1. The topological polar surface area (TPSA) is 24.3 Å². The van der Waals surface area contributed by atoms with Crippen molar-refractivity contribution >= 4 is 0 Å². The van der Waals surface area contributed by atoms with Gasteiger partial charge in [-0.1, -0.05) is 30.3 Å². The van der Waals surface area contributed by atoms with Crippen LogP contribution in [0.3, 0.4) is 0 Å². The number of hydrogen-bond acceptors (Lipinski definition) is 3. The van der Waals surface area contributed by atoms with Crippen LogP contribution in [0, 0.1) is 0 Å². The van der Waals surface area contributed by atoms with Gasteiger partial charge in [0, 0.05) is 38.9 Å². The number of piperidine rings is 1. The van der Waals surface area contributed by atoms with Crippen molar-refractivity contribution in [1.82, 2.24) is 19.6 Å². The van der Waals surface area contributed by atoms with Gasteiger partial charge in [0.15, 0.2) is 0 Å². The van der Waals surface area contributed by atoms with Gasteiger partial charge in [0.1, 0.15) is 0 Å². The Labute approximate surface area is 133 Å². The zero-order valence-corrected chi connectivity index (χ0v) is 13.7. The lowest BCUT2D eigenvalue weighted by Crippen LogP contribution is -2.45. The summed E-state index contributed by atoms with van der Waals surface area (Å²) in [6, 6.07) is 13.5. The van der Waals surface area contributed by atoms with Crippen molar-refractivity contribution in [3.8, 4) is 0 Å².